The van der Waals surface area contributed by atoms with Crippen molar-refractivity contribution in [3.05, 3.63) is 69.6 Å². The van der Waals surface area contributed by atoms with Gasteiger partial charge in [-0.05, 0) is 38.1 Å². The van der Waals surface area contributed by atoms with Crippen LogP contribution in [0.15, 0.2) is 53.3 Å². The van der Waals surface area contributed by atoms with Crippen molar-refractivity contribution in [2.24, 2.45) is 7.05 Å². The first kappa shape index (κ1) is 19.2. The number of aromatic nitrogens is 3. The number of aryl methyl sites for hydroxylation is 1. The molecular weight excluding hydrogens is 388 g/mol. The van der Waals surface area contributed by atoms with E-state index in [0.717, 1.165) is 10.9 Å². The Kier molecular flexibility index (Phi) is 4.88. The van der Waals surface area contributed by atoms with Crippen molar-refractivity contribution in [1.82, 2.24) is 19.2 Å². The molecule has 2 aromatic carbocycles. The van der Waals surface area contributed by atoms with Gasteiger partial charge in [-0.25, -0.2) is 0 Å². The summed E-state index contributed by atoms with van der Waals surface area (Å²) in [7, 11) is 1.81. The lowest BCUT2D eigenvalue weighted by molar-refractivity contribution is 0.0767. The zero-order valence-corrected chi connectivity index (χ0v) is 17.3. The van der Waals surface area contributed by atoms with Gasteiger partial charge in [0.05, 0.1) is 11.2 Å². The van der Waals surface area contributed by atoms with Crippen LogP contribution in [0.25, 0.3) is 27.5 Å². The average molecular weight is 409 g/mol. The molecule has 29 heavy (non-hydrogen) atoms. The van der Waals surface area contributed by atoms with E-state index in [0.29, 0.717) is 34.7 Å². The number of benzene rings is 2. The number of carbonyl (C=O) groups is 1. The van der Waals surface area contributed by atoms with Gasteiger partial charge < -0.3 is 9.47 Å². The molecule has 4 aromatic rings. The van der Waals surface area contributed by atoms with Gasteiger partial charge in [0.25, 0.3) is 11.5 Å². The second-order valence-corrected chi connectivity index (χ2v) is 7.26. The molecule has 2 aromatic heterocycles. The SMILES string of the molecule is CCN(CC)C(=O)c1nn(-c2ccccc2)c(=O)c2c1c1ccc(Cl)cc1n2C. The third-order valence-electron chi connectivity index (χ3n) is 5.25. The zero-order valence-electron chi connectivity index (χ0n) is 16.5. The fraction of sp³-hybridized carbons (Fsp3) is 0.227. The molecule has 0 saturated heterocycles. The number of carbonyl (C=O) groups excluding carboxylic acids is 1. The Morgan fingerprint density at radius 2 is 1.79 bits per heavy atom. The highest BCUT2D eigenvalue weighted by Crippen LogP contribution is 2.31. The number of nitrogens with zero attached hydrogens (tertiary/aromatic N) is 4. The highest BCUT2D eigenvalue weighted by molar-refractivity contribution is 6.31. The van der Waals surface area contributed by atoms with Crippen molar-refractivity contribution in [2.75, 3.05) is 13.1 Å². The van der Waals surface area contributed by atoms with Gasteiger partial charge in [-0.1, -0.05) is 35.9 Å². The number of hydrogen-bond donors (Lipinski definition) is 0. The molecule has 0 atom stereocenters. The highest BCUT2D eigenvalue weighted by Gasteiger charge is 2.25. The fourth-order valence-electron chi connectivity index (χ4n) is 3.75. The van der Waals surface area contributed by atoms with E-state index in [1.807, 2.05) is 45.2 Å². The lowest BCUT2D eigenvalue weighted by Crippen LogP contribution is -2.34. The van der Waals surface area contributed by atoms with E-state index in [1.54, 1.807) is 33.7 Å². The zero-order chi connectivity index (χ0) is 20.7. The first-order valence-electron chi connectivity index (χ1n) is 9.53. The molecule has 4 rings (SSSR count). The molecule has 0 aliphatic carbocycles. The lowest BCUT2D eigenvalue weighted by atomic mass is 10.1. The third-order valence-corrected chi connectivity index (χ3v) is 5.48. The Morgan fingerprint density at radius 3 is 2.45 bits per heavy atom. The van der Waals surface area contributed by atoms with Crippen molar-refractivity contribution in [2.45, 2.75) is 13.8 Å². The first-order valence-corrected chi connectivity index (χ1v) is 9.91. The molecule has 0 aliphatic heterocycles. The van der Waals surface area contributed by atoms with E-state index in [2.05, 4.69) is 5.10 Å². The van der Waals surface area contributed by atoms with Gasteiger partial charge in [-0.2, -0.15) is 9.78 Å². The van der Waals surface area contributed by atoms with Crippen LogP contribution in [0.2, 0.25) is 5.02 Å². The molecular formula is C22H21ClN4O2. The minimum absolute atomic E-state index is 0.202. The topological polar surface area (TPSA) is 60.1 Å². The Morgan fingerprint density at radius 1 is 1.10 bits per heavy atom. The van der Waals surface area contributed by atoms with E-state index in [-0.39, 0.29) is 17.2 Å². The maximum absolute atomic E-state index is 13.4. The molecule has 0 saturated carbocycles. The van der Waals surface area contributed by atoms with E-state index in [1.165, 1.54) is 4.68 Å². The highest BCUT2D eigenvalue weighted by atomic mass is 35.5. The Bertz CT molecular complexity index is 1290. The maximum Gasteiger partial charge on any atom is 0.296 e. The second-order valence-electron chi connectivity index (χ2n) is 6.82. The minimum atomic E-state index is -0.280. The maximum atomic E-state index is 13.4. The number of para-hydroxylation sites is 1. The summed E-state index contributed by atoms with van der Waals surface area (Å²) in [6.07, 6.45) is 0. The molecule has 1 amide bonds. The number of fused-ring (bicyclic) bond motifs is 3. The monoisotopic (exact) mass is 408 g/mol. The van der Waals surface area contributed by atoms with Crippen molar-refractivity contribution in [3.63, 3.8) is 0 Å². The standard InChI is InChI=1S/C22H21ClN4O2/c1-4-26(5-2)21(28)19-18-16-12-11-14(23)13-17(16)25(3)20(18)22(29)27(24-19)15-9-7-6-8-10-15/h6-13H,4-5H2,1-3H3. The second kappa shape index (κ2) is 7.37. The molecule has 0 radical (unpaired) electrons. The van der Waals surface area contributed by atoms with Crippen LogP contribution < -0.4 is 5.56 Å². The van der Waals surface area contributed by atoms with Crippen LogP contribution in [-0.2, 0) is 7.05 Å². The summed E-state index contributed by atoms with van der Waals surface area (Å²) in [5.41, 5.74) is 1.80. The number of amides is 1. The normalized spacial score (nSPS) is 11.3. The van der Waals surface area contributed by atoms with Crippen molar-refractivity contribution < 1.29 is 4.79 Å². The largest absolute Gasteiger partial charge is 0.339 e. The van der Waals surface area contributed by atoms with E-state index < -0.39 is 0 Å². The Hall–Kier alpha value is -3.12. The van der Waals surface area contributed by atoms with Crippen LogP contribution >= 0.6 is 11.6 Å². The Labute approximate surface area is 172 Å². The van der Waals surface area contributed by atoms with E-state index >= 15 is 0 Å². The number of hydrogen-bond acceptors (Lipinski definition) is 3. The van der Waals surface area contributed by atoms with Crippen LogP contribution in [0.1, 0.15) is 24.3 Å². The van der Waals surface area contributed by atoms with Gasteiger partial charge in [-0.3, -0.25) is 9.59 Å². The van der Waals surface area contributed by atoms with Gasteiger partial charge in [0.15, 0.2) is 5.69 Å². The molecule has 0 N–H and O–H groups in total. The van der Waals surface area contributed by atoms with Crippen molar-refractivity contribution in [1.29, 1.82) is 0 Å². The number of rotatable bonds is 4. The smallest absolute Gasteiger partial charge is 0.296 e. The summed E-state index contributed by atoms with van der Waals surface area (Å²) >= 11 is 6.20. The Balaban J connectivity index is 2.18. The summed E-state index contributed by atoms with van der Waals surface area (Å²) in [5, 5.41) is 6.45. The van der Waals surface area contributed by atoms with Crippen molar-refractivity contribution in [3.8, 4) is 5.69 Å². The van der Waals surface area contributed by atoms with E-state index in [9.17, 15) is 9.59 Å². The van der Waals surface area contributed by atoms with Crippen LogP contribution in [-0.4, -0.2) is 38.2 Å². The van der Waals surface area contributed by atoms with Crippen LogP contribution in [0.4, 0.5) is 0 Å². The summed E-state index contributed by atoms with van der Waals surface area (Å²) in [6, 6.07) is 14.5. The number of halogens is 1. The average Bonchev–Trinajstić information content (AvgIpc) is 3.02. The molecule has 0 spiro atoms. The summed E-state index contributed by atoms with van der Waals surface area (Å²) in [5.74, 6) is -0.202. The predicted molar refractivity (Wildman–Crippen MR) is 116 cm³/mol. The van der Waals surface area contributed by atoms with Gasteiger partial charge in [0.1, 0.15) is 5.52 Å². The molecule has 0 bridgehead atoms. The van der Waals surface area contributed by atoms with Gasteiger partial charge in [0.2, 0.25) is 0 Å². The summed E-state index contributed by atoms with van der Waals surface area (Å²) < 4.78 is 3.10. The lowest BCUT2D eigenvalue weighted by Gasteiger charge is -2.19. The predicted octanol–water partition coefficient (Wildman–Crippen LogP) is 4.01. The van der Waals surface area contributed by atoms with Gasteiger partial charge in [0, 0.05) is 35.9 Å². The van der Waals surface area contributed by atoms with Crippen LogP contribution in [0, 0.1) is 0 Å². The first-order chi connectivity index (χ1) is 14.0. The molecule has 0 unspecified atom stereocenters. The van der Waals surface area contributed by atoms with Gasteiger partial charge in [-0.15, -0.1) is 0 Å². The quantitative estimate of drug-likeness (QED) is 0.512. The van der Waals surface area contributed by atoms with Gasteiger partial charge >= 0.3 is 0 Å². The molecule has 2 heterocycles. The van der Waals surface area contributed by atoms with E-state index in [4.69, 9.17) is 11.6 Å². The molecule has 0 fully saturated rings. The molecule has 148 valence electrons. The van der Waals surface area contributed by atoms with Crippen molar-refractivity contribution >= 4 is 39.3 Å². The summed E-state index contributed by atoms with van der Waals surface area (Å²) in [4.78, 5) is 28.5. The molecule has 7 heteroatoms. The third kappa shape index (κ3) is 3.00. The molecule has 0 aliphatic rings. The molecule has 6 nitrogen and oxygen atoms in total. The minimum Gasteiger partial charge on any atom is -0.339 e. The van der Waals surface area contributed by atoms with Crippen LogP contribution in [0.3, 0.4) is 0 Å². The summed E-state index contributed by atoms with van der Waals surface area (Å²) in [6.45, 7) is 4.96. The fourth-order valence-corrected chi connectivity index (χ4v) is 3.92. The van der Waals surface area contributed by atoms with Crippen LogP contribution in [0.5, 0.6) is 0 Å².